The van der Waals surface area contributed by atoms with Crippen LogP contribution in [-0.4, -0.2) is 17.9 Å². The average molecular weight is 162 g/mol. The Balaban J connectivity index is 2.27. The lowest BCUT2D eigenvalue weighted by molar-refractivity contribution is 0.473. The minimum atomic E-state index is 0.0251. The molecule has 0 saturated heterocycles. The van der Waals surface area contributed by atoms with E-state index in [1.165, 1.54) is 0 Å². The summed E-state index contributed by atoms with van der Waals surface area (Å²) in [4.78, 5) is 4.20. The molecule has 0 aliphatic carbocycles. The van der Waals surface area contributed by atoms with Crippen molar-refractivity contribution in [2.75, 3.05) is 6.54 Å². The summed E-state index contributed by atoms with van der Waals surface area (Å²) in [6.45, 7) is 0.806. The van der Waals surface area contributed by atoms with E-state index in [-0.39, 0.29) is 11.9 Å². The Labute approximate surface area is 70.8 Å². The number of hydrogen-bond donors (Lipinski definition) is 2. The Hall–Kier alpha value is -1.35. The third-order valence-electron chi connectivity index (χ3n) is 1.84. The first-order valence-electron chi connectivity index (χ1n) is 3.90. The summed E-state index contributed by atoms with van der Waals surface area (Å²) < 4.78 is 0. The second kappa shape index (κ2) is 2.95. The monoisotopic (exact) mass is 162 g/mol. The number of nitrogens with one attached hydrogen (secondary N) is 1. The van der Waals surface area contributed by atoms with E-state index in [9.17, 15) is 5.11 Å². The Bertz CT molecular complexity index is 309. The molecule has 0 fully saturated rings. The molecule has 62 valence electrons. The van der Waals surface area contributed by atoms with E-state index < -0.39 is 0 Å². The van der Waals surface area contributed by atoms with Gasteiger partial charge in [0.1, 0.15) is 11.9 Å². The van der Waals surface area contributed by atoms with Crippen molar-refractivity contribution >= 4 is 6.21 Å². The number of aliphatic imine (C=N–C) groups is 1. The molecule has 1 atom stereocenters. The second-order valence-corrected chi connectivity index (χ2v) is 2.74. The molecule has 0 amide bonds. The fourth-order valence-corrected chi connectivity index (χ4v) is 1.27. The van der Waals surface area contributed by atoms with Gasteiger partial charge in [-0.05, 0) is 17.7 Å². The predicted molar refractivity (Wildman–Crippen MR) is 47.3 cm³/mol. The smallest absolute Gasteiger partial charge is 0.125 e. The molecule has 1 aliphatic rings. The van der Waals surface area contributed by atoms with Crippen LogP contribution in [0.15, 0.2) is 29.3 Å². The molecule has 0 radical (unpaired) electrons. The zero-order chi connectivity index (χ0) is 8.39. The molecule has 1 aromatic rings. The van der Waals surface area contributed by atoms with Crippen LogP contribution in [0.3, 0.4) is 0 Å². The molecule has 1 heterocycles. The largest absolute Gasteiger partial charge is 0.508 e. The molecule has 0 spiro atoms. The van der Waals surface area contributed by atoms with E-state index in [1.54, 1.807) is 12.1 Å². The maximum absolute atomic E-state index is 9.19. The number of phenolic OH excluding ortho intramolecular Hbond substituents is 1. The van der Waals surface area contributed by atoms with Crippen LogP contribution in [0.4, 0.5) is 0 Å². The zero-order valence-corrected chi connectivity index (χ0v) is 6.57. The van der Waals surface area contributed by atoms with Crippen molar-refractivity contribution in [3.05, 3.63) is 29.8 Å². The number of rotatable bonds is 1. The van der Waals surface area contributed by atoms with E-state index in [2.05, 4.69) is 10.3 Å². The van der Waals surface area contributed by atoms with Gasteiger partial charge in [-0.2, -0.15) is 0 Å². The van der Waals surface area contributed by atoms with E-state index in [0.717, 1.165) is 12.1 Å². The van der Waals surface area contributed by atoms with Crippen LogP contribution >= 0.6 is 0 Å². The summed E-state index contributed by atoms with van der Waals surface area (Å²) in [5.74, 6) is 0.288. The predicted octanol–water partition coefficient (Wildman–Crippen LogP) is 1.06. The molecular weight excluding hydrogens is 152 g/mol. The summed E-state index contributed by atoms with van der Waals surface area (Å²) in [6, 6.07) is 7.14. The highest BCUT2D eigenvalue weighted by molar-refractivity contribution is 5.62. The van der Waals surface area contributed by atoms with Crippen LogP contribution < -0.4 is 5.32 Å². The normalized spacial score (nSPS) is 21.5. The van der Waals surface area contributed by atoms with Gasteiger partial charge in [0.25, 0.3) is 0 Å². The first kappa shape index (κ1) is 7.31. The highest BCUT2D eigenvalue weighted by Crippen LogP contribution is 2.20. The van der Waals surface area contributed by atoms with Crippen molar-refractivity contribution in [2.24, 2.45) is 4.99 Å². The lowest BCUT2D eigenvalue weighted by atomic mass is 10.2. The standard InChI is InChI=1S/C9H10N2O/c12-8-3-1-2-7(6-8)9-10-4-5-11-9/h1-4,6,9,11-12H,5H2. The SMILES string of the molecule is Oc1cccc(C2N=CCN2)c1. The van der Waals surface area contributed by atoms with Crippen LogP contribution in [0, 0.1) is 0 Å². The summed E-state index contributed by atoms with van der Waals surface area (Å²) in [6.07, 6.45) is 1.87. The quantitative estimate of drug-likeness (QED) is 0.648. The third kappa shape index (κ3) is 1.31. The van der Waals surface area contributed by atoms with Crippen molar-refractivity contribution in [3.63, 3.8) is 0 Å². The molecule has 0 bridgehead atoms. The topological polar surface area (TPSA) is 44.6 Å². The van der Waals surface area contributed by atoms with Gasteiger partial charge in [-0.3, -0.25) is 10.3 Å². The Morgan fingerprint density at radius 1 is 1.50 bits per heavy atom. The molecule has 12 heavy (non-hydrogen) atoms. The van der Waals surface area contributed by atoms with Gasteiger partial charge < -0.3 is 5.11 Å². The Kier molecular flexibility index (Phi) is 1.80. The summed E-state index contributed by atoms with van der Waals surface area (Å²) in [5, 5.41) is 12.4. The molecular formula is C9H10N2O. The number of phenols is 1. The average Bonchev–Trinajstić information content (AvgIpc) is 2.56. The fraction of sp³-hybridized carbons (Fsp3) is 0.222. The molecule has 3 nitrogen and oxygen atoms in total. The van der Waals surface area contributed by atoms with Gasteiger partial charge in [-0.1, -0.05) is 12.1 Å². The number of nitrogens with zero attached hydrogens (tertiary/aromatic N) is 1. The molecule has 2 N–H and O–H groups in total. The van der Waals surface area contributed by atoms with Crippen molar-refractivity contribution in [3.8, 4) is 5.75 Å². The van der Waals surface area contributed by atoms with Gasteiger partial charge in [0, 0.05) is 12.8 Å². The van der Waals surface area contributed by atoms with E-state index in [1.807, 2.05) is 18.3 Å². The minimum Gasteiger partial charge on any atom is -0.508 e. The maximum atomic E-state index is 9.19. The molecule has 1 aliphatic heterocycles. The third-order valence-corrected chi connectivity index (χ3v) is 1.84. The minimum absolute atomic E-state index is 0.0251. The molecule has 0 saturated carbocycles. The van der Waals surface area contributed by atoms with E-state index in [4.69, 9.17) is 0 Å². The van der Waals surface area contributed by atoms with E-state index >= 15 is 0 Å². The molecule has 1 aromatic carbocycles. The summed E-state index contributed by atoms with van der Waals surface area (Å²) in [5.41, 5.74) is 1.00. The van der Waals surface area contributed by atoms with Crippen LogP contribution in [0.1, 0.15) is 11.7 Å². The second-order valence-electron chi connectivity index (χ2n) is 2.74. The highest BCUT2D eigenvalue weighted by atomic mass is 16.3. The molecule has 3 heteroatoms. The van der Waals surface area contributed by atoms with Crippen molar-refractivity contribution in [1.82, 2.24) is 5.32 Å². The van der Waals surface area contributed by atoms with Crippen LogP contribution in [-0.2, 0) is 0 Å². The number of hydrogen-bond acceptors (Lipinski definition) is 3. The van der Waals surface area contributed by atoms with Gasteiger partial charge >= 0.3 is 0 Å². The lowest BCUT2D eigenvalue weighted by Crippen LogP contribution is -2.13. The van der Waals surface area contributed by atoms with Crippen LogP contribution in [0.25, 0.3) is 0 Å². The Morgan fingerprint density at radius 3 is 3.08 bits per heavy atom. The van der Waals surface area contributed by atoms with Crippen molar-refractivity contribution in [1.29, 1.82) is 0 Å². The Morgan fingerprint density at radius 2 is 2.42 bits per heavy atom. The molecule has 0 aromatic heterocycles. The van der Waals surface area contributed by atoms with Gasteiger partial charge in [0.15, 0.2) is 0 Å². The van der Waals surface area contributed by atoms with Gasteiger partial charge in [-0.25, -0.2) is 0 Å². The summed E-state index contributed by atoms with van der Waals surface area (Å²) in [7, 11) is 0. The van der Waals surface area contributed by atoms with Crippen molar-refractivity contribution in [2.45, 2.75) is 6.17 Å². The highest BCUT2D eigenvalue weighted by Gasteiger charge is 2.11. The first-order valence-corrected chi connectivity index (χ1v) is 3.90. The number of aromatic hydroxyl groups is 1. The maximum Gasteiger partial charge on any atom is 0.125 e. The summed E-state index contributed by atoms with van der Waals surface area (Å²) >= 11 is 0. The number of benzene rings is 1. The lowest BCUT2D eigenvalue weighted by Gasteiger charge is -2.07. The fourth-order valence-electron chi connectivity index (χ4n) is 1.27. The molecule has 2 rings (SSSR count). The van der Waals surface area contributed by atoms with Crippen molar-refractivity contribution < 1.29 is 5.11 Å². The zero-order valence-electron chi connectivity index (χ0n) is 6.57. The van der Waals surface area contributed by atoms with Gasteiger partial charge in [0.2, 0.25) is 0 Å². The van der Waals surface area contributed by atoms with E-state index in [0.29, 0.717) is 0 Å². The van der Waals surface area contributed by atoms with Gasteiger partial charge in [-0.15, -0.1) is 0 Å². The van der Waals surface area contributed by atoms with Crippen LogP contribution in [0.2, 0.25) is 0 Å². The molecule has 1 unspecified atom stereocenters. The van der Waals surface area contributed by atoms with Gasteiger partial charge in [0.05, 0.1) is 0 Å². The van der Waals surface area contributed by atoms with Crippen LogP contribution in [0.5, 0.6) is 5.75 Å². The first-order chi connectivity index (χ1) is 5.86.